The number of rotatable bonds is 7. The van der Waals surface area contributed by atoms with E-state index in [9.17, 15) is 4.79 Å². The van der Waals surface area contributed by atoms with Crippen LogP contribution in [0.25, 0.3) is 0 Å². The number of amides is 1. The molecule has 4 N–H and O–H groups in total. The number of hydrogen-bond donors (Lipinski definition) is 3. The molecular weight excluding hydrogens is 320 g/mol. The van der Waals surface area contributed by atoms with Crippen LogP contribution in [0.5, 0.6) is 0 Å². The number of carbonyl (C=O) groups is 1. The van der Waals surface area contributed by atoms with Crippen LogP contribution < -0.4 is 11.1 Å². The third-order valence-corrected chi connectivity index (χ3v) is 3.43. The maximum Gasteiger partial charge on any atom is 0.410 e. The molecule has 0 aliphatic rings. The van der Waals surface area contributed by atoms with Gasteiger partial charge in [-0.3, -0.25) is 0 Å². The molecule has 0 saturated carbocycles. The van der Waals surface area contributed by atoms with Crippen LogP contribution in [0.15, 0.2) is 6.33 Å². The second kappa shape index (κ2) is 8.64. The largest absolute Gasteiger partial charge is 0.444 e. The fraction of sp³-hybridized carbons (Fsp3) is 0.647. The highest BCUT2D eigenvalue weighted by Gasteiger charge is 2.23. The highest BCUT2D eigenvalue weighted by molar-refractivity contribution is 6.04. The van der Waals surface area contributed by atoms with Gasteiger partial charge in [0.25, 0.3) is 0 Å². The molecule has 0 aromatic carbocycles. The molecule has 1 atom stereocenters. The van der Waals surface area contributed by atoms with E-state index in [0.717, 1.165) is 12.8 Å². The Balaban J connectivity index is 2.90. The fourth-order valence-electron chi connectivity index (χ4n) is 2.37. The third-order valence-electron chi connectivity index (χ3n) is 3.43. The average Bonchev–Trinajstić information content (AvgIpc) is 2.45. The van der Waals surface area contributed by atoms with Gasteiger partial charge in [-0.15, -0.1) is 0 Å². The molecule has 0 fully saturated rings. The van der Waals surface area contributed by atoms with Crippen molar-refractivity contribution in [2.45, 2.75) is 59.1 Å². The predicted molar refractivity (Wildman–Crippen MR) is 100 cm³/mol. The van der Waals surface area contributed by atoms with Crippen molar-refractivity contribution >= 4 is 23.4 Å². The van der Waals surface area contributed by atoms with Crippen LogP contribution in [-0.2, 0) is 4.74 Å². The number of nitrogen functional groups attached to an aromatic ring is 1. The van der Waals surface area contributed by atoms with Crippen molar-refractivity contribution in [3.05, 3.63) is 11.9 Å². The first-order valence-corrected chi connectivity index (χ1v) is 8.41. The van der Waals surface area contributed by atoms with E-state index < -0.39 is 5.60 Å². The molecule has 0 spiro atoms. The molecule has 8 heteroatoms. The number of carbonyl (C=O) groups excluding carboxylic acids is 1. The minimum Gasteiger partial charge on any atom is -0.444 e. The van der Waals surface area contributed by atoms with Gasteiger partial charge in [-0.2, -0.15) is 0 Å². The summed E-state index contributed by atoms with van der Waals surface area (Å²) in [5.74, 6) is 0.775. The van der Waals surface area contributed by atoms with E-state index >= 15 is 0 Å². The summed E-state index contributed by atoms with van der Waals surface area (Å²) in [6, 6.07) is -0.0464. The lowest BCUT2D eigenvalue weighted by molar-refractivity contribution is 0.0291. The van der Waals surface area contributed by atoms with Crippen LogP contribution in [0.2, 0.25) is 0 Å². The standard InChI is InChI=1S/C17H30N6O2/c1-7-8-12(9-23(6)16(24)25-17(3,4)5)22-15-13(11(2)18)14(19)20-10-21-15/h10,12,18H,7-9H2,1-6H3,(H3,19,20,21,22). The minimum absolute atomic E-state index is 0.0464. The van der Waals surface area contributed by atoms with Crippen LogP contribution >= 0.6 is 0 Å². The molecule has 1 amide bonds. The zero-order chi connectivity index (χ0) is 19.2. The van der Waals surface area contributed by atoms with Crippen LogP contribution in [0.4, 0.5) is 16.4 Å². The van der Waals surface area contributed by atoms with Crippen molar-refractivity contribution in [2.24, 2.45) is 0 Å². The van der Waals surface area contributed by atoms with Gasteiger partial charge in [0.1, 0.15) is 23.6 Å². The summed E-state index contributed by atoms with van der Waals surface area (Å²) < 4.78 is 5.39. The van der Waals surface area contributed by atoms with E-state index in [1.54, 1.807) is 18.9 Å². The van der Waals surface area contributed by atoms with Crippen molar-refractivity contribution in [2.75, 3.05) is 24.6 Å². The molecule has 1 heterocycles. The highest BCUT2D eigenvalue weighted by Crippen LogP contribution is 2.20. The summed E-state index contributed by atoms with van der Waals surface area (Å²) in [6.45, 7) is 9.67. The van der Waals surface area contributed by atoms with Crippen LogP contribution in [0.3, 0.4) is 0 Å². The van der Waals surface area contributed by atoms with E-state index in [-0.39, 0.29) is 23.7 Å². The number of ether oxygens (including phenoxy) is 1. The van der Waals surface area contributed by atoms with Gasteiger partial charge in [0, 0.05) is 25.3 Å². The topological polar surface area (TPSA) is 117 Å². The van der Waals surface area contributed by atoms with E-state index in [2.05, 4.69) is 22.2 Å². The molecule has 0 bridgehead atoms. The van der Waals surface area contributed by atoms with Crippen molar-refractivity contribution in [1.29, 1.82) is 5.41 Å². The molecule has 0 saturated heterocycles. The Kier molecular flexibility index (Phi) is 7.14. The average molecular weight is 350 g/mol. The van der Waals surface area contributed by atoms with Gasteiger partial charge < -0.3 is 26.1 Å². The number of anilines is 2. The number of aromatic nitrogens is 2. The fourth-order valence-corrected chi connectivity index (χ4v) is 2.37. The van der Waals surface area contributed by atoms with Crippen molar-refractivity contribution < 1.29 is 9.53 Å². The second-order valence-corrected chi connectivity index (χ2v) is 7.10. The van der Waals surface area contributed by atoms with Gasteiger partial charge >= 0.3 is 6.09 Å². The van der Waals surface area contributed by atoms with Crippen LogP contribution in [0.1, 0.15) is 53.0 Å². The Labute approximate surface area is 149 Å². The molecule has 0 radical (unpaired) electrons. The van der Waals surface area contributed by atoms with Gasteiger partial charge in [0.15, 0.2) is 0 Å². The SMILES string of the molecule is CCCC(CN(C)C(=O)OC(C)(C)C)Nc1ncnc(N)c1C(C)=N. The van der Waals surface area contributed by atoms with Gasteiger partial charge in [0.05, 0.1) is 5.56 Å². The number of hydrogen-bond acceptors (Lipinski definition) is 7. The summed E-state index contributed by atoms with van der Waals surface area (Å²) in [5.41, 5.74) is 6.11. The van der Waals surface area contributed by atoms with E-state index in [1.807, 2.05) is 20.8 Å². The van der Waals surface area contributed by atoms with Gasteiger partial charge in [-0.05, 0) is 34.1 Å². The summed E-state index contributed by atoms with van der Waals surface area (Å²) in [4.78, 5) is 21.9. The zero-order valence-corrected chi connectivity index (χ0v) is 16.0. The Morgan fingerprint density at radius 3 is 2.60 bits per heavy atom. The Morgan fingerprint density at radius 1 is 1.44 bits per heavy atom. The Morgan fingerprint density at radius 2 is 2.08 bits per heavy atom. The van der Waals surface area contributed by atoms with E-state index in [1.165, 1.54) is 6.33 Å². The molecule has 25 heavy (non-hydrogen) atoms. The van der Waals surface area contributed by atoms with E-state index in [4.69, 9.17) is 15.9 Å². The summed E-state index contributed by atoms with van der Waals surface area (Å²) in [6.07, 6.45) is 2.75. The quantitative estimate of drug-likeness (QED) is 0.651. The van der Waals surface area contributed by atoms with Gasteiger partial charge in [-0.1, -0.05) is 13.3 Å². The molecule has 140 valence electrons. The number of nitrogens with two attached hydrogens (primary N) is 1. The zero-order valence-electron chi connectivity index (χ0n) is 16.0. The second-order valence-electron chi connectivity index (χ2n) is 7.10. The minimum atomic E-state index is -0.537. The first-order valence-electron chi connectivity index (χ1n) is 8.41. The smallest absolute Gasteiger partial charge is 0.410 e. The van der Waals surface area contributed by atoms with Crippen LogP contribution in [-0.4, -0.2) is 51.9 Å². The lowest BCUT2D eigenvalue weighted by Crippen LogP contribution is -2.41. The maximum atomic E-state index is 12.2. The van der Waals surface area contributed by atoms with Crippen molar-refractivity contribution in [3.63, 3.8) is 0 Å². The first-order chi connectivity index (χ1) is 11.5. The number of likely N-dealkylation sites (N-methyl/N-ethyl adjacent to an activating group) is 1. The van der Waals surface area contributed by atoms with E-state index in [0.29, 0.717) is 17.9 Å². The summed E-state index contributed by atoms with van der Waals surface area (Å²) in [5, 5.41) is 11.2. The van der Waals surface area contributed by atoms with Gasteiger partial charge in [0.2, 0.25) is 0 Å². The van der Waals surface area contributed by atoms with Gasteiger partial charge in [-0.25, -0.2) is 14.8 Å². The molecule has 1 aromatic heterocycles. The lowest BCUT2D eigenvalue weighted by Gasteiger charge is -2.28. The lowest BCUT2D eigenvalue weighted by atomic mass is 10.1. The molecule has 0 aliphatic carbocycles. The molecule has 1 rings (SSSR count). The third kappa shape index (κ3) is 6.56. The molecule has 1 aromatic rings. The highest BCUT2D eigenvalue weighted by atomic mass is 16.6. The monoisotopic (exact) mass is 350 g/mol. The molecule has 1 unspecified atom stereocenters. The van der Waals surface area contributed by atoms with Crippen LogP contribution in [0, 0.1) is 5.41 Å². The maximum absolute atomic E-state index is 12.2. The molecular formula is C17H30N6O2. The molecule has 8 nitrogen and oxygen atoms in total. The number of nitrogens with zero attached hydrogens (tertiary/aromatic N) is 3. The Bertz CT molecular complexity index is 612. The predicted octanol–water partition coefficient (Wildman–Crippen LogP) is 2.89. The van der Waals surface area contributed by atoms with Crippen molar-refractivity contribution in [1.82, 2.24) is 14.9 Å². The Hall–Kier alpha value is -2.38. The first kappa shape index (κ1) is 20.7. The number of nitrogens with one attached hydrogen (secondary N) is 2. The summed E-state index contributed by atoms with van der Waals surface area (Å²) in [7, 11) is 1.70. The summed E-state index contributed by atoms with van der Waals surface area (Å²) >= 11 is 0. The van der Waals surface area contributed by atoms with Crippen molar-refractivity contribution in [3.8, 4) is 0 Å². The molecule has 0 aliphatic heterocycles. The normalized spacial score (nSPS) is 12.4.